The molecule has 0 bridgehead atoms. The molecule has 2 aromatic carbocycles. The third-order valence-corrected chi connectivity index (χ3v) is 4.57. The van der Waals surface area contributed by atoms with Crippen molar-refractivity contribution >= 4 is 28.6 Å². The molecule has 32 heavy (non-hydrogen) atoms. The van der Waals surface area contributed by atoms with E-state index in [0.717, 1.165) is 24.0 Å². The normalized spacial score (nSPS) is 10.2. The Labute approximate surface area is 201 Å². The van der Waals surface area contributed by atoms with E-state index in [4.69, 9.17) is 4.16 Å². The SMILES string of the molecule is CC(C)Cc1ccc(CCC(=O)[O-])cc1.CC(C)Cc1ccc(CCC(=O)[O-])cc1.[OH][Al+2]. The summed E-state index contributed by atoms with van der Waals surface area (Å²) in [6.07, 6.45) is 3.46. The zero-order chi connectivity index (χ0) is 24.5. The van der Waals surface area contributed by atoms with Gasteiger partial charge in [0.2, 0.25) is 0 Å². The number of hydrogen-bond acceptors (Lipinski definition) is 5. The van der Waals surface area contributed by atoms with Gasteiger partial charge in [-0.25, -0.2) is 0 Å². The van der Waals surface area contributed by atoms with Crippen molar-refractivity contribution in [3.8, 4) is 0 Å². The van der Waals surface area contributed by atoms with Crippen LogP contribution in [0.3, 0.4) is 0 Å². The number of benzene rings is 2. The van der Waals surface area contributed by atoms with E-state index in [2.05, 4.69) is 52.0 Å². The van der Waals surface area contributed by atoms with E-state index in [1.807, 2.05) is 24.3 Å². The first-order chi connectivity index (χ1) is 15.2. The van der Waals surface area contributed by atoms with Gasteiger partial charge < -0.3 is 19.8 Å². The fourth-order valence-electron chi connectivity index (χ4n) is 3.12. The Morgan fingerprint density at radius 2 is 0.906 bits per heavy atom. The molecule has 1 N–H and O–H groups in total. The minimum absolute atomic E-state index is 0.101. The number of carbonyl (C=O) groups is 2. The Kier molecular flexibility index (Phi) is 16.3. The monoisotopic (exact) mass is 454 g/mol. The molecule has 0 atom stereocenters. The summed E-state index contributed by atoms with van der Waals surface area (Å²) >= 11 is 1.42. The molecule has 0 saturated carbocycles. The molecule has 6 heteroatoms. The van der Waals surface area contributed by atoms with Crippen LogP contribution in [0.1, 0.15) is 62.8 Å². The number of carbonyl (C=O) groups excluding carboxylic acids is 2. The standard InChI is InChI=1S/2C13H18O2.Al.H2O/c2*1-10(2)9-12-5-3-11(4-6-12)7-8-13(14)15;;/h2*3-6,10H,7-9H2,1-2H3,(H,14,15);;1H2/q;;+3;/p-3. The number of rotatable bonds is 10. The zero-order valence-corrected chi connectivity index (χ0v) is 20.8. The van der Waals surface area contributed by atoms with E-state index in [0.29, 0.717) is 24.7 Å². The first-order valence-corrected chi connectivity index (χ1v) is 11.5. The van der Waals surface area contributed by atoms with Gasteiger partial charge in [0, 0.05) is 11.9 Å². The van der Waals surface area contributed by atoms with Crippen LogP contribution in [-0.2, 0) is 35.3 Å². The summed E-state index contributed by atoms with van der Waals surface area (Å²) < 4.78 is 6.92. The van der Waals surface area contributed by atoms with Crippen LogP contribution in [0.5, 0.6) is 0 Å². The second kappa shape index (κ2) is 17.4. The molecule has 0 unspecified atom stereocenters. The third-order valence-electron chi connectivity index (χ3n) is 4.57. The summed E-state index contributed by atoms with van der Waals surface area (Å²) in [5, 5.41) is 20.5. The van der Waals surface area contributed by atoms with Crippen LogP contribution in [-0.4, -0.2) is 32.7 Å². The summed E-state index contributed by atoms with van der Waals surface area (Å²) in [5.41, 5.74) is 4.74. The van der Waals surface area contributed by atoms with Crippen LogP contribution < -0.4 is 10.2 Å². The van der Waals surface area contributed by atoms with Gasteiger partial charge in [0.15, 0.2) is 0 Å². The van der Waals surface area contributed by atoms with E-state index < -0.39 is 11.9 Å². The van der Waals surface area contributed by atoms with Crippen molar-refractivity contribution in [3.05, 3.63) is 70.8 Å². The van der Waals surface area contributed by atoms with E-state index in [-0.39, 0.29) is 12.8 Å². The van der Waals surface area contributed by atoms with Gasteiger partial charge in [0.1, 0.15) is 0 Å². The molecule has 0 fully saturated rings. The van der Waals surface area contributed by atoms with Crippen LogP contribution in [0, 0.1) is 11.8 Å². The molecule has 5 nitrogen and oxygen atoms in total. The van der Waals surface area contributed by atoms with Crippen molar-refractivity contribution in [3.63, 3.8) is 0 Å². The number of carboxylic acids is 2. The van der Waals surface area contributed by atoms with Crippen LogP contribution in [0.2, 0.25) is 0 Å². The van der Waals surface area contributed by atoms with Crippen LogP contribution in [0.15, 0.2) is 48.5 Å². The number of aryl methyl sites for hydroxylation is 2. The van der Waals surface area contributed by atoms with Crippen molar-refractivity contribution < 1.29 is 24.0 Å². The van der Waals surface area contributed by atoms with E-state index in [9.17, 15) is 19.8 Å². The molecular formula is C26H35AlO5. The van der Waals surface area contributed by atoms with Gasteiger partial charge in [0.05, 0.1) is 0 Å². The summed E-state index contributed by atoms with van der Waals surface area (Å²) in [6, 6.07) is 16.3. The molecule has 0 radical (unpaired) electrons. The fraction of sp³-hybridized carbons (Fsp3) is 0.462. The molecule has 2 rings (SSSR count). The average molecular weight is 455 g/mol. The predicted molar refractivity (Wildman–Crippen MR) is 125 cm³/mol. The molecule has 0 aromatic heterocycles. The first-order valence-electron chi connectivity index (χ1n) is 11.0. The van der Waals surface area contributed by atoms with E-state index in [1.165, 1.54) is 27.8 Å². The van der Waals surface area contributed by atoms with Crippen LogP contribution >= 0.6 is 0 Å². The Hall–Kier alpha value is -2.13. The molecule has 0 heterocycles. The minimum atomic E-state index is -0.985. The van der Waals surface area contributed by atoms with Gasteiger partial charge in [-0.3, -0.25) is 0 Å². The van der Waals surface area contributed by atoms with E-state index in [1.54, 1.807) is 0 Å². The third kappa shape index (κ3) is 15.6. The Morgan fingerprint density at radius 1 is 0.656 bits per heavy atom. The molecule has 2 aromatic rings. The van der Waals surface area contributed by atoms with Gasteiger partial charge in [-0.1, -0.05) is 76.2 Å². The molecule has 0 amide bonds. The topological polar surface area (TPSA) is 100 Å². The van der Waals surface area contributed by atoms with Crippen molar-refractivity contribution in [1.82, 2.24) is 0 Å². The summed E-state index contributed by atoms with van der Waals surface area (Å²) in [6.45, 7) is 8.74. The second-order valence-corrected chi connectivity index (χ2v) is 8.57. The summed E-state index contributed by atoms with van der Waals surface area (Å²) in [4.78, 5) is 20.5. The summed E-state index contributed by atoms with van der Waals surface area (Å²) in [5.74, 6) is -0.666. The second-order valence-electron chi connectivity index (χ2n) is 8.57. The number of hydrogen-bond donors (Lipinski definition) is 1. The van der Waals surface area contributed by atoms with Gasteiger partial charge in [-0.05, 0) is 72.6 Å². The van der Waals surface area contributed by atoms with Gasteiger partial charge in [0.25, 0.3) is 0 Å². The molecule has 0 aliphatic heterocycles. The van der Waals surface area contributed by atoms with Crippen molar-refractivity contribution in [1.29, 1.82) is 0 Å². The molecule has 172 valence electrons. The van der Waals surface area contributed by atoms with Gasteiger partial charge >= 0.3 is 20.8 Å². The Morgan fingerprint density at radius 3 is 1.12 bits per heavy atom. The molecule has 0 spiro atoms. The molecule has 0 saturated heterocycles. The van der Waals surface area contributed by atoms with Crippen molar-refractivity contribution in [2.75, 3.05) is 0 Å². The maximum absolute atomic E-state index is 10.3. The van der Waals surface area contributed by atoms with Crippen LogP contribution in [0.4, 0.5) is 0 Å². The van der Waals surface area contributed by atoms with E-state index >= 15 is 0 Å². The number of aliphatic carboxylic acids is 2. The average Bonchev–Trinajstić information content (AvgIpc) is 2.74. The number of carboxylic acid groups (broad SMARTS) is 2. The fourth-order valence-corrected chi connectivity index (χ4v) is 3.12. The molecule has 0 aliphatic rings. The van der Waals surface area contributed by atoms with Gasteiger partial charge in [-0.15, -0.1) is 0 Å². The predicted octanol–water partition coefficient (Wildman–Crippen LogP) is 2.20. The van der Waals surface area contributed by atoms with Crippen molar-refractivity contribution in [2.24, 2.45) is 11.8 Å². The summed E-state index contributed by atoms with van der Waals surface area (Å²) in [7, 11) is 0. The van der Waals surface area contributed by atoms with Gasteiger partial charge in [-0.2, -0.15) is 0 Å². The quantitative estimate of drug-likeness (QED) is 0.555. The zero-order valence-electron chi connectivity index (χ0n) is 19.7. The Balaban J connectivity index is 0.000000557. The Bertz CT molecular complexity index is 700. The molecular weight excluding hydrogens is 419 g/mol. The molecule has 0 aliphatic carbocycles. The maximum atomic E-state index is 10.3. The van der Waals surface area contributed by atoms with Crippen LogP contribution in [0.25, 0.3) is 0 Å². The van der Waals surface area contributed by atoms with Crippen molar-refractivity contribution in [2.45, 2.75) is 66.2 Å². The first kappa shape index (κ1) is 29.9.